The lowest BCUT2D eigenvalue weighted by Crippen LogP contribution is -2.53. The number of carbonyl (C=O) groups excluding carboxylic acids is 1. The molecular formula is C36H37Cl2N4O8+. The molecule has 12 nitrogen and oxygen atoms in total. The van der Waals surface area contributed by atoms with E-state index < -0.39 is 18.0 Å². The van der Waals surface area contributed by atoms with Gasteiger partial charge in [-0.2, -0.15) is 0 Å². The van der Waals surface area contributed by atoms with Gasteiger partial charge in [-0.15, -0.1) is 0 Å². The molecule has 50 heavy (non-hydrogen) atoms. The number of pyridine rings is 2. The molecule has 3 fully saturated rings. The minimum atomic E-state index is -1.16. The Balaban J connectivity index is 1.42. The molecule has 0 radical (unpaired) electrons. The van der Waals surface area contributed by atoms with Gasteiger partial charge in [0.15, 0.2) is 11.5 Å². The molecule has 14 heteroatoms. The molecule has 1 amide bonds. The molecule has 5 heterocycles. The number of amides is 1. The number of aromatic amines is 1. The summed E-state index contributed by atoms with van der Waals surface area (Å²) in [6.07, 6.45) is 5.28. The number of hydrogen-bond acceptors (Lipinski definition) is 8. The molecule has 0 unspecified atom stereocenters. The second-order valence-electron chi connectivity index (χ2n) is 12.5. The lowest BCUT2D eigenvalue weighted by Gasteiger charge is -2.44. The van der Waals surface area contributed by atoms with Gasteiger partial charge in [-0.25, -0.2) is 9.59 Å². The van der Waals surface area contributed by atoms with E-state index in [1.165, 1.54) is 49.8 Å². The quantitative estimate of drug-likeness (QED) is 0.134. The summed E-state index contributed by atoms with van der Waals surface area (Å²) in [4.78, 5) is 44.9. The van der Waals surface area contributed by atoms with Crippen LogP contribution in [0.5, 0.6) is 11.5 Å². The number of aromatic nitrogens is 2. The van der Waals surface area contributed by atoms with Crippen LogP contribution < -0.4 is 24.7 Å². The smallest absolute Gasteiger partial charge is 0.414 e. The number of hydrogen-bond donors (Lipinski definition) is 3. The van der Waals surface area contributed by atoms with Crippen LogP contribution in [0.4, 0.5) is 10.5 Å². The number of rotatable bonds is 11. The number of anilines is 1. The summed E-state index contributed by atoms with van der Waals surface area (Å²) < 4.78 is 17.9. The van der Waals surface area contributed by atoms with Crippen molar-refractivity contribution in [1.29, 1.82) is 0 Å². The maximum atomic E-state index is 13.9. The fourth-order valence-corrected chi connectivity index (χ4v) is 7.47. The number of carbonyl (C=O) groups is 2. The van der Waals surface area contributed by atoms with Gasteiger partial charge in [0, 0.05) is 35.0 Å². The number of nitrogens with zero attached hydrogens (tertiary/aromatic N) is 3. The highest BCUT2D eigenvalue weighted by atomic mass is 35.5. The average Bonchev–Trinajstić information content (AvgIpc) is 3.11. The number of piperidine rings is 3. The van der Waals surface area contributed by atoms with Crippen LogP contribution in [-0.4, -0.2) is 72.2 Å². The van der Waals surface area contributed by atoms with Gasteiger partial charge in [0.05, 0.1) is 32.0 Å². The molecule has 3 aliphatic heterocycles. The zero-order valence-corrected chi connectivity index (χ0v) is 29.0. The first-order valence-corrected chi connectivity index (χ1v) is 16.9. The van der Waals surface area contributed by atoms with Gasteiger partial charge in [0.25, 0.3) is 0 Å². The molecule has 7 rings (SSSR count). The van der Waals surface area contributed by atoms with Gasteiger partial charge in [0.2, 0.25) is 18.0 Å². The Morgan fingerprint density at radius 3 is 2.34 bits per heavy atom. The first-order valence-electron chi connectivity index (χ1n) is 16.1. The summed E-state index contributed by atoms with van der Waals surface area (Å²) in [5.74, 6) is -0.610. The summed E-state index contributed by atoms with van der Waals surface area (Å²) in [6, 6.07) is 13.1. The molecular weight excluding hydrogens is 687 g/mol. The van der Waals surface area contributed by atoms with Gasteiger partial charge < -0.3 is 24.3 Å². The summed E-state index contributed by atoms with van der Waals surface area (Å²) in [6.45, 7) is 2.65. The van der Waals surface area contributed by atoms with E-state index in [1.54, 1.807) is 36.4 Å². The Bertz CT molecular complexity index is 1920. The highest BCUT2D eigenvalue weighted by Crippen LogP contribution is 2.39. The van der Waals surface area contributed by atoms with E-state index in [1.807, 2.05) is 0 Å². The third kappa shape index (κ3) is 7.52. The molecule has 3 N–H and O–H groups in total. The van der Waals surface area contributed by atoms with Gasteiger partial charge in [-0.3, -0.25) is 19.8 Å². The number of H-pyrrole nitrogens is 1. The maximum Gasteiger partial charge on any atom is 0.414 e. The van der Waals surface area contributed by atoms with Crippen LogP contribution in [0, 0.1) is 5.92 Å². The van der Waals surface area contributed by atoms with Crippen molar-refractivity contribution in [2.45, 2.75) is 37.8 Å². The first-order chi connectivity index (χ1) is 24.0. The number of fused-ring (bicyclic) bond motifs is 3. The topological polar surface area (TPSA) is 146 Å². The van der Waals surface area contributed by atoms with E-state index in [-0.39, 0.29) is 46.2 Å². The third-order valence-electron chi connectivity index (χ3n) is 9.50. The highest BCUT2D eigenvalue weighted by Gasteiger charge is 2.37. The van der Waals surface area contributed by atoms with Gasteiger partial charge in [0.1, 0.15) is 16.1 Å². The Morgan fingerprint density at radius 1 is 1.02 bits per heavy atom. The third-order valence-corrected chi connectivity index (χ3v) is 10.1. The van der Waals surface area contributed by atoms with Crippen LogP contribution in [0.15, 0.2) is 71.9 Å². The van der Waals surface area contributed by atoms with Crippen molar-refractivity contribution in [3.05, 3.63) is 115 Å². The van der Waals surface area contributed by atoms with E-state index in [0.29, 0.717) is 46.0 Å². The molecule has 4 aromatic rings. The highest BCUT2D eigenvalue weighted by molar-refractivity contribution is 6.35. The number of carboxylic acid groups (broad SMARTS) is 1. The molecule has 2 aromatic carbocycles. The lowest BCUT2D eigenvalue weighted by atomic mass is 9.82. The predicted octanol–water partition coefficient (Wildman–Crippen LogP) is 5.53. The number of halogens is 2. The van der Waals surface area contributed by atoms with Crippen LogP contribution in [-0.2, 0) is 17.7 Å². The first kappa shape index (κ1) is 35.1. The van der Waals surface area contributed by atoms with Gasteiger partial charge in [-0.1, -0.05) is 41.4 Å². The van der Waals surface area contributed by atoms with Crippen molar-refractivity contribution in [2.75, 3.05) is 38.8 Å². The van der Waals surface area contributed by atoms with Crippen molar-refractivity contribution < 1.29 is 38.8 Å². The standard InChI is InChI=1S/C36H36Cl2N4O8/c1-48-31-7-4-23(14-32(31)49-2)26(15-28-29(37)18-41(47)19-30(28)38)27-13-21(3-6-25(27)35(44)45)17-42(24-5-8-34(43)39-16-24)36(46)50-33-20-40-11-9-22(33)10-12-40/h3-8,13-14,16,18-19,22,26,33H,9-12,15,17,20H2,1-2H3,(H2-,39,43,44,45,47)/p+1/t26-,33-/m0/s1. The Hall–Kier alpha value is -4.78. The molecule has 2 bridgehead atoms. The van der Waals surface area contributed by atoms with Gasteiger partial charge >= 0.3 is 12.1 Å². The van der Waals surface area contributed by atoms with E-state index in [9.17, 15) is 24.7 Å². The van der Waals surface area contributed by atoms with Crippen LogP contribution in [0.3, 0.4) is 0 Å². The van der Waals surface area contributed by atoms with Crippen molar-refractivity contribution in [1.82, 2.24) is 9.88 Å². The number of carboxylic acids is 1. The number of nitrogens with one attached hydrogen (secondary N) is 1. The minimum absolute atomic E-state index is 0.00882. The van der Waals surface area contributed by atoms with Crippen molar-refractivity contribution in [3.63, 3.8) is 0 Å². The SMILES string of the molecule is COc1ccc([C@H](Cc2c(Cl)c[n+](O)cc2Cl)c2cc(CN(C(=O)O[C@H]3CN4CCC3CC4)c3ccc(=O)[nH]c3)ccc2C(=O)O)cc1OC. The minimum Gasteiger partial charge on any atom is -0.493 e. The van der Waals surface area contributed by atoms with E-state index in [4.69, 9.17) is 37.4 Å². The fourth-order valence-electron chi connectivity index (χ4n) is 6.86. The second kappa shape index (κ2) is 15.0. The van der Waals surface area contributed by atoms with Crippen molar-refractivity contribution >= 4 is 41.0 Å². The van der Waals surface area contributed by atoms with Crippen LogP contribution >= 0.6 is 23.2 Å². The summed E-state index contributed by atoms with van der Waals surface area (Å²) in [7, 11) is 3.02. The molecule has 0 saturated carbocycles. The molecule has 3 aliphatic rings. The Labute approximate surface area is 298 Å². The molecule has 0 spiro atoms. The normalized spacial score (nSPS) is 18.7. The Kier molecular flexibility index (Phi) is 10.5. The largest absolute Gasteiger partial charge is 0.493 e. The van der Waals surface area contributed by atoms with Crippen molar-refractivity contribution in [3.8, 4) is 11.5 Å². The molecule has 0 aliphatic carbocycles. The molecule has 262 valence electrons. The van der Waals surface area contributed by atoms with Crippen LogP contribution in [0.1, 0.15) is 51.4 Å². The number of methoxy groups -OCH3 is 2. The van der Waals surface area contributed by atoms with E-state index in [0.717, 1.165) is 30.7 Å². The fraction of sp³-hybridized carbons (Fsp3) is 0.333. The second-order valence-corrected chi connectivity index (χ2v) is 13.3. The average molecular weight is 725 g/mol. The number of ether oxygens (including phenoxy) is 3. The maximum absolute atomic E-state index is 13.9. The number of aromatic carboxylic acids is 1. The van der Waals surface area contributed by atoms with E-state index >= 15 is 0 Å². The predicted molar refractivity (Wildman–Crippen MR) is 185 cm³/mol. The Morgan fingerprint density at radius 2 is 1.74 bits per heavy atom. The molecule has 2 aromatic heterocycles. The van der Waals surface area contributed by atoms with E-state index in [2.05, 4.69) is 9.88 Å². The molecule has 3 saturated heterocycles. The van der Waals surface area contributed by atoms with Crippen molar-refractivity contribution in [2.24, 2.45) is 5.92 Å². The van der Waals surface area contributed by atoms with Gasteiger partial charge in [-0.05, 0) is 79.2 Å². The lowest BCUT2D eigenvalue weighted by molar-refractivity contribution is -0.904. The van der Waals surface area contributed by atoms with Crippen LogP contribution in [0.25, 0.3) is 0 Å². The summed E-state index contributed by atoms with van der Waals surface area (Å²) in [5.41, 5.74) is 2.30. The number of benzene rings is 2. The van der Waals surface area contributed by atoms with Crippen LogP contribution in [0.2, 0.25) is 10.0 Å². The zero-order chi connectivity index (χ0) is 35.5. The molecule has 2 atom stereocenters. The summed E-state index contributed by atoms with van der Waals surface area (Å²) >= 11 is 13.1. The monoisotopic (exact) mass is 723 g/mol. The summed E-state index contributed by atoms with van der Waals surface area (Å²) in [5, 5.41) is 20.8. The zero-order valence-electron chi connectivity index (χ0n) is 27.5.